The Hall–Kier alpha value is -2.52. The summed E-state index contributed by atoms with van der Waals surface area (Å²) in [5.74, 6) is 0.00747. The van der Waals surface area contributed by atoms with Crippen LogP contribution in [0.15, 0.2) is 82.6 Å². The van der Waals surface area contributed by atoms with Gasteiger partial charge in [0.25, 0.3) is 0 Å². The first-order valence-electron chi connectivity index (χ1n) is 8.30. The Labute approximate surface area is 153 Å². The number of carbonyl (C=O) groups excluding carboxylic acids is 1. The maximum Gasteiger partial charge on any atom is 0.228 e. The Bertz CT molecular complexity index is 874. The number of amides is 1. The molecule has 0 saturated heterocycles. The number of rotatable bonds is 5. The molecule has 0 fully saturated rings. The van der Waals surface area contributed by atoms with Crippen LogP contribution in [-0.2, 0) is 11.2 Å². The van der Waals surface area contributed by atoms with Crippen LogP contribution >= 0.6 is 11.8 Å². The Morgan fingerprint density at radius 1 is 0.920 bits per heavy atom. The number of aryl methyl sites for hydroxylation is 2. The minimum atomic E-state index is 0.00747. The fourth-order valence-electron chi connectivity index (χ4n) is 2.69. The second-order valence-electron chi connectivity index (χ2n) is 6.07. The van der Waals surface area contributed by atoms with Gasteiger partial charge in [0.1, 0.15) is 0 Å². The highest BCUT2D eigenvalue weighted by Crippen LogP contribution is 2.33. The molecule has 2 nitrogen and oxygen atoms in total. The molecule has 3 aromatic rings. The van der Waals surface area contributed by atoms with Crippen molar-refractivity contribution in [2.24, 2.45) is 0 Å². The molecule has 3 heteroatoms. The van der Waals surface area contributed by atoms with E-state index in [1.54, 1.807) is 11.8 Å². The molecule has 0 saturated carbocycles. The second kappa shape index (κ2) is 8.04. The van der Waals surface area contributed by atoms with E-state index in [1.165, 1.54) is 5.56 Å². The molecule has 0 atom stereocenters. The van der Waals surface area contributed by atoms with E-state index < -0.39 is 0 Å². The fraction of sp³-hybridized carbons (Fsp3) is 0.136. The van der Waals surface area contributed by atoms with Crippen LogP contribution in [-0.4, -0.2) is 5.91 Å². The minimum absolute atomic E-state index is 0.00747. The summed E-state index contributed by atoms with van der Waals surface area (Å²) in [6, 6.07) is 24.3. The summed E-state index contributed by atoms with van der Waals surface area (Å²) in [6.07, 6.45) is 0.385. The first-order chi connectivity index (χ1) is 12.1. The van der Waals surface area contributed by atoms with Gasteiger partial charge in [-0.1, -0.05) is 65.9 Å². The smallest absolute Gasteiger partial charge is 0.228 e. The molecular weight excluding hydrogens is 326 g/mol. The van der Waals surface area contributed by atoms with E-state index in [0.717, 1.165) is 26.6 Å². The first kappa shape index (κ1) is 17.3. The van der Waals surface area contributed by atoms with Gasteiger partial charge in [-0.2, -0.15) is 0 Å². The molecule has 25 heavy (non-hydrogen) atoms. The number of anilines is 1. The second-order valence-corrected chi connectivity index (χ2v) is 7.18. The van der Waals surface area contributed by atoms with Gasteiger partial charge < -0.3 is 5.32 Å². The van der Waals surface area contributed by atoms with E-state index in [4.69, 9.17) is 0 Å². The maximum absolute atomic E-state index is 12.5. The predicted octanol–water partition coefficient (Wildman–Crippen LogP) is 5.64. The Morgan fingerprint density at radius 2 is 1.64 bits per heavy atom. The zero-order valence-electron chi connectivity index (χ0n) is 14.5. The van der Waals surface area contributed by atoms with Gasteiger partial charge in [0.2, 0.25) is 5.91 Å². The van der Waals surface area contributed by atoms with E-state index >= 15 is 0 Å². The lowest BCUT2D eigenvalue weighted by molar-refractivity contribution is -0.115. The predicted molar refractivity (Wildman–Crippen MR) is 105 cm³/mol. The summed E-state index contributed by atoms with van der Waals surface area (Å²) in [6.45, 7) is 4.11. The molecule has 0 unspecified atom stereocenters. The van der Waals surface area contributed by atoms with Crippen LogP contribution in [0.4, 0.5) is 5.69 Å². The molecule has 0 aliphatic rings. The van der Waals surface area contributed by atoms with E-state index in [0.29, 0.717) is 6.42 Å². The summed E-state index contributed by atoms with van der Waals surface area (Å²) in [5, 5.41) is 3.06. The minimum Gasteiger partial charge on any atom is -0.325 e. The largest absolute Gasteiger partial charge is 0.325 e. The summed E-state index contributed by atoms with van der Waals surface area (Å²) in [7, 11) is 0. The number of carbonyl (C=O) groups is 1. The molecule has 126 valence electrons. The molecular formula is C22H21NOS. The van der Waals surface area contributed by atoms with Crippen LogP contribution in [0.1, 0.15) is 16.7 Å². The van der Waals surface area contributed by atoms with Crippen molar-refractivity contribution in [3.8, 4) is 0 Å². The molecule has 3 aromatic carbocycles. The molecule has 0 bridgehead atoms. The molecule has 3 rings (SSSR count). The summed E-state index contributed by atoms with van der Waals surface area (Å²) >= 11 is 1.65. The van der Waals surface area contributed by atoms with Gasteiger partial charge in [0.15, 0.2) is 0 Å². The number of benzene rings is 3. The number of para-hydroxylation sites is 1. The third kappa shape index (κ3) is 4.74. The molecule has 0 spiro atoms. The third-order valence-electron chi connectivity index (χ3n) is 3.98. The van der Waals surface area contributed by atoms with Crippen LogP contribution < -0.4 is 5.32 Å². The van der Waals surface area contributed by atoms with Crippen molar-refractivity contribution in [2.45, 2.75) is 30.1 Å². The zero-order chi connectivity index (χ0) is 17.6. The fourth-order valence-corrected chi connectivity index (χ4v) is 3.61. The van der Waals surface area contributed by atoms with Crippen LogP contribution in [0.3, 0.4) is 0 Å². The lowest BCUT2D eigenvalue weighted by Gasteiger charge is -2.12. The highest BCUT2D eigenvalue weighted by Gasteiger charge is 2.10. The summed E-state index contributed by atoms with van der Waals surface area (Å²) in [5.41, 5.74) is 4.29. The van der Waals surface area contributed by atoms with Crippen molar-refractivity contribution in [1.82, 2.24) is 0 Å². The highest BCUT2D eigenvalue weighted by molar-refractivity contribution is 7.99. The SMILES string of the molecule is Cc1ccc(CC(=O)Nc2ccccc2Sc2ccccc2)c(C)c1. The number of hydrogen-bond donors (Lipinski definition) is 1. The molecule has 0 aliphatic carbocycles. The standard InChI is InChI=1S/C22H21NOS/c1-16-12-13-18(17(2)14-16)15-22(24)23-20-10-6-7-11-21(20)25-19-8-4-3-5-9-19/h3-14H,15H2,1-2H3,(H,23,24). The summed E-state index contributed by atoms with van der Waals surface area (Å²) in [4.78, 5) is 14.7. The van der Waals surface area contributed by atoms with Crippen molar-refractivity contribution in [1.29, 1.82) is 0 Å². The van der Waals surface area contributed by atoms with Gasteiger partial charge in [-0.05, 0) is 49.2 Å². The monoisotopic (exact) mass is 347 g/mol. The number of hydrogen-bond acceptors (Lipinski definition) is 2. The van der Waals surface area contributed by atoms with Crippen molar-refractivity contribution in [2.75, 3.05) is 5.32 Å². The third-order valence-corrected chi connectivity index (χ3v) is 5.07. The molecule has 1 amide bonds. The van der Waals surface area contributed by atoms with Gasteiger partial charge in [0, 0.05) is 9.79 Å². The van der Waals surface area contributed by atoms with Crippen LogP contribution in [0, 0.1) is 13.8 Å². The van der Waals surface area contributed by atoms with Gasteiger partial charge in [0.05, 0.1) is 12.1 Å². The molecule has 0 aromatic heterocycles. The van der Waals surface area contributed by atoms with E-state index in [9.17, 15) is 4.79 Å². The lowest BCUT2D eigenvalue weighted by Crippen LogP contribution is -2.15. The van der Waals surface area contributed by atoms with Gasteiger partial charge in [-0.25, -0.2) is 0 Å². The van der Waals surface area contributed by atoms with Crippen molar-refractivity contribution < 1.29 is 4.79 Å². The van der Waals surface area contributed by atoms with Crippen LogP contribution in [0.25, 0.3) is 0 Å². The lowest BCUT2D eigenvalue weighted by atomic mass is 10.0. The van der Waals surface area contributed by atoms with Gasteiger partial charge in [-0.15, -0.1) is 0 Å². The van der Waals surface area contributed by atoms with Gasteiger partial charge in [-0.3, -0.25) is 4.79 Å². The van der Waals surface area contributed by atoms with E-state index in [1.807, 2.05) is 48.5 Å². The average Bonchev–Trinajstić information content (AvgIpc) is 2.60. The van der Waals surface area contributed by atoms with Crippen molar-refractivity contribution in [3.05, 3.63) is 89.5 Å². The number of nitrogens with one attached hydrogen (secondary N) is 1. The maximum atomic E-state index is 12.5. The first-order valence-corrected chi connectivity index (χ1v) is 9.11. The molecule has 0 aliphatic heterocycles. The average molecular weight is 347 g/mol. The topological polar surface area (TPSA) is 29.1 Å². The van der Waals surface area contributed by atoms with Crippen molar-refractivity contribution >= 4 is 23.4 Å². The highest BCUT2D eigenvalue weighted by atomic mass is 32.2. The molecule has 0 radical (unpaired) electrons. The Kier molecular flexibility index (Phi) is 5.56. The zero-order valence-corrected chi connectivity index (χ0v) is 15.3. The van der Waals surface area contributed by atoms with E-state index in [2.05, 4.69) is 43.4 Å². The van der Waals surface area contributed by atoms with Crippen LogP contribution in [0.2, 0.25) is 0 Å². The molecule has 0 heterocycles. The molecule has 1 N–H and O–H groups in total. The Morgan fingerprint density at radius 3 is 2.40 bits per heavy atom. The van der Waals surface area contributed by atoms with Crippen molar-refractivity contribution in [3.63, 3.8) is 0 Å². The van der Waals surface area contributed by atoms with E-state index in [-0.39, 0.29) is 5.91 Å². The Balaban J connectivity index is 1.73. The van der Waals surface area contributed by atoms with Gasteiger partial charge >= 0.3 is 0 Å². The summed E-state index contributed by atoms with van der Waals surface area (Å²) < 4.78 is 0. The van der Waals surface area contributed by atoms with Crippen LogP contribution in [0.5, 0.6) is 0 Å². The quantitative estimate of drug-likeness (QED) is 0.647. The normalized spacial score (nSPS) is 10.5.